The largest absolute Gasteiger partial charge is 0.496 e. The second kappa shape index (κ2) is 7.31. The van der Waals surface area contributed by atoms with E-state index in [0.717, 1.165) is 36.3 Å². The van der Waals surface area contributed by atoms with Gasteiger partial charge in [-0.15, -0.1) is 0 Å². The molecule has 0 amide bonds. The predicted octanol–water partition coefficient (Wildman–Crippen LogP) is 2.83. The van der Waals surface area contributed by atoms with E-state index in [9.17, 15) is 0 Å². The van der Waals surface area contributed by atoms with Crippen molar-refractivity contribution in [3.63, 3.8) is 0 Å². The van der Waals surface area contributed by atoms with Crippen LogP contribution in [0.3, 0.4) is 0 Å². The average molecular weight is 324 g/mol. The minimum atomic E-state index is 0.812. The molecule has 2 rings (SSSR count). The van der Waals surface area contributed by atoms with E-state index in [4.69, 9.17) is 4.74 Å². The Morgan fingerprint density at radius 1 is 1.42 bits per heavy atom. The van der Waals surface area contributed by atoms with Gasteiger partial charge in [0.25, 0.3) is 0 Å². The van der Waals surface area contributed by atoms with Crippen molar-refractivity contribution in [2.24, 2.45) is 0 Å². The second-order valence-corrected chi connectivity index (χ2v) is 5.20. The first-order valence-electron chi connectivity index (χ1n) is 6.28. The fourth-order valence-corrected chi connectivity index (χ4v) is 2.32. The van der Waals surface area contributed by atoms with Crippen molar-refractivity contribution in [3.8, 4) is 5.75 Å². The number of rotatable bonds is 7. The van der Waals surface area contributed by atoms with Crippen LogP contribution >= 0.6 is 15.9 Å². The number of aromatic nitrogens is 2. The first-order chi connectivity index (χ1) is 9.29. The van der Waals surface area contributed by atoms with Crippen LogP contribution in [0, 0.1) is 0 Å². The molecule has 1 aromatic heterocycles. The van der Waals surface area contributed by atoms with E-state index in [1.54, 1.807) is 13.3 Å². The Morgan fingerprint density at radius 3 is 3.05 bits per heavy atom. The maximum Gasteiger partial charge on any atom is 0.123 e. The number of methoxy groups -OCH3 is 1. The lowest BCUT2D eigenvalue weighted by Crippen LogP contribution is -2.16. The van der Waals surface area contributed by atoms with E-state index in [1.807, 2.05) is 24.7 Å². The Morgan fingerprint density at radius 2 is 2.32 bits per heavy atom. The van der Waals surface area contributed by atoms with Crippen molar-refractivity contribution >= 4 is 15.9 Å². The van der Waals surface area contributed by atoms with Crippen LogP contribution in [0.1, 0.15) is 12.0 Å². The van der Waals surface area contributed by atoms with Crippen molar-refractivity contribution in [2.75, 3.05) is 13.7 Å². The molecule has 1 aromatic carbocycles. The van der Waals surface area contributed by atoms with Gasteiger partial charge in [0.05, 0.1) is 13.4 Å². The summed E-state index contributed by atoms with van der Waals surface area (Å²) in [5, 5.41) is 3.43. The minimum absolute atomic E-state index is 0.812. The first kappa shape index (κ1) is 14.1. The normalized spacial score (nSPS) is 10.6. The molecule has 0 unspecified atom stereocenters. The van der Waals surface area contributed by atoms with Gasteiger partial charge in [-0.25, -0.2) is 4.98 Å². The van der Waals surface area contributed by atoms with Gasteiger partial charge in [-0.3, -0.25) is 0 Å². The fourth-order valence-electron chi connectivity index (χ4n) is 1.91. The van der Waals surface area contributed by atoms with Crippen LogP contribution in [0.4, 0.5) is 0 Å². The van der Waals surface area contributed by atoms with Crippen molar-refractivity contribution in [3.05, 3.63) is 47.0 Å². The third-order valence-electron chi connectivity index (χ3n) is 2.89. The van der Waals surface area contributed by atoms with E-state index in [1.165, 1.54) is 5.56 Å². The summed E-state index contributed by atoms with van der Waals surface area (Å²) >= 11 is 3.48. The van der Waals surface area contributed by atoms with Crippen molar-refractivity contribution < 1.29 is 4.74 Å². The third-order valence-corrected chi connectivity index (χ3v) is 3.38. The zero-order valence-corrected chi connectivity index (χ0v) is 12.6. The monoisotopic (exact) mass is 323 g/mol. The summed E-state index contributed by atoms with van der Waals surface area (Å²) in [4.78, 5) is 4.02. The molecular weight excluding hydrogens is 306 g/mol. The van der Waals surface area contributed by atoms with E-state index < -0.39 is 0 Å². The van der Waals surface area contributed by atoms with Crippen LogP contribution in [0.15, 0.2) is 41.4 Å². The number of aryl methyl sites for hydroxylation is 1. The molecule has 5 heteroatoms. The molecular formula is C14H18BrN3O. The van der Waals surface area contributed by atoms with Crippen molar-refractivity contribution in [1.82, 2.24) is 14.9 Å². The smallest absolute Gasteiger partial charge is 0.123 e. The lowest BCUT2D eigenvalue weighted by atomic mass is 10.2. The minimum Gasteiger partial charge on any atom is -0.496 e. The SMILES string of the molecule is COc1ccc(Br)cc1CNCCCn1ccnc1. The zero-order valence-electron chi connectivity index (χ0n) is 11.0. The molecule has 0 bridgehead atoms. The summed E-state index contributed by atoms with van der Waals surface area (Å²) in [6.45, 7) is 2.77. The van der Waals surface area contributed by atoms with E-state index in [-0.39, 0.29) is 0 Å². The molecule has 1 N–H and O–H groups in total. The van der Waals surface area contributed by atoms with E-state index in [2.05, 4.69) is 36.9 Å². The zero-order chi connectivity index (χ0) is 13.5. The molecule has 0 saturated heterocycles. The molecule has 0 aliphatic rings. The maximum atomic E-state index is 5.34. The van der Waals surface area contributed by atoms with E-state index >= 15 is 0 Å². The molecule has 1 heterocycles. The summed E-state index contributed by atoms with van der Waals surface area (Å²) in [5.74, 6) is 0.922. The number of hydrogen-bond acceptors (Lipinski definition) is 3. The molecule has 19 heavy (non-hydrogen) atoms. The quantitative estimate of drug-likeness (QED) is 0.796. The number of benzene rings is 1. The Kier molecular flexibility index (Phi) is 5.42. The van der Waals surface area contributed by atoms with Gasteiger partial charge in [-0.2, -0.15) is 0 Å². The van der Waals surface area contributed by atoms with Gasteiger partial charge < -0.3 is 14.6 Å². The lowest BCUT2D eigenvalue weighted by molar-refractivity contribution is 0.407. The van der Waals surface area contributed by atoms with E-state index in [0.29, 0.717) is 0 Å². The van der Waals surface area contributed by atoms with Gasteiger partial charge >= 0.3 is 0 Å². The highest BCUT2D eigenvalue weighted by molar-refractivity contribution is 9.10. The molecule has 0 radical (unpaired) electrons. The summed E-state index contributed by atoms with van der Waals surface area (Å²) in [5.41, 5.74) is 1.17. The summed E-state index contributed by atoms with van der Waals surface area (Å²) in [6, 6.07) is 6.05. The Balaban J connectivity index is 1.74. The molecule has 0 fully saturated rings. The van der Waals surface area contributed by atoms with Gasteiger partial charge in [-0.05, 0) is 31.2 Å². The third kappa shape index (κ3) is 4.36. The van der Waals surface area contributed by atoms with Gasteiger partial charge in [0.2, 0.25) is 0 Å². The van der Waals surface area contributed by atoms with Crippen molar-refractivity contribution in [2.45, 2.75) is 19.5 Å². The highest BCUT2D eigenvalue weighted by Crippen LogP contribution is 2.22. The highest BCUT2D eigenvalue weighted by atomic mass is 79.9. The van der Waals surface area contributed by atoms with Crippen LogP contribution in [0.2, 0.25) is 0 Å². The molecule has 0 atom stereocenters. The Hall–Kier alpha value is -1.33. The van der Waals surface area contributed by atoms with Crippen LogP contribution in [0.5, 0.6) is 5.75 Å². The highest BCUT2D eigenvalue weighted by Gasteiger charge is 2.02. The fraction of sp³-hybridized carbons (Fsp3) is 0.357. The summed E-state index contributed by atoms with van der Waals surface area (Å²) in [6.07, 6.45) is 6.71. The number of ether oxygens (including phenoxy) is 1. The number of imidazole rings is 1. The predicted molar refractivity (Wildman–Crippen MR) is 79.2 cm³/mol. The van der Waals surface area contributed by atoms with Gasteiger partial charge in [0, 0.05) is 35.5 Å². The number of nitrogens with one attached hydrogen (secondary N) is 1. The number of nitrogens with zero attached hydrogens (tertiary/aromatic N) is 2. The van der Waals surface area contributed by atoms with Gasteiger partial charge in [0.1, 0.15) is 5.75 Å². The summed E-state index contributed by atoms with van der Waals surface area (Å²) in [7, 11) is 1.70. The number of halogens is 1. The molecule has 0 spiro atoms. The van der Waals surface area contributed by atoms with Gasteiger partial charge in [0.15, 0.2) is 0 Å². The maximum absolute atomic E-state index is 5.34. The molecule has 0 aliphatic heterocycles. The molecule has 2 aromatic rings. The Labute approximate surface area is 121 Å². The van der Waals surface area contributed by atoms with Crippen molar-refractivity contribution in [1.29, 1.82) is 0 Å². The molecule has 0 saturated carbocycles. The van der Waals surface area contributed by atoms with Crippen LogP contribution in [-0.4, -0.2) is 23.2 Å². The average Bonchev–Trinajstić information content (AvgIpc) is 2.92. The summed E-state index contributed by atoms with van der Waals surface area (Å²) < 4.78 is 8.50. The Bertz CT molecular complexity index is 499. The second-order valence-electron chi connectivity index (χ2n) is 4.29. The van der Waals surface area contributed by atoms with Crippen LogP contribution < -0.4 is 10.1 Å². The molecule has 102 valence electrons. The van der Waals surface area contributed by atoms with Gasteiger partial charge in [-0.1, -0.05) is 15.9 Å². The standard InChI is InChI=1S/C14H18BrN3O/c1-19-14-4-3-13(15)9-12(14)10-16-5-2-7-18-8-6-17-11-18/h3-4,6,8-9,11,16H,2,5,7,10H2,1H3. The molecule has 0 aliphatic carbocycles. The lowest BCUT2D eigenvalue weighted by Gasteiger charge is -2.10. The first-order valence-corrected chi connectivity index (χ1v) is 7.08. The topological polar surface area (TPSA) is 39.1 Å². The van der Waals surface area contributed by atoms with Crippen LogP contribution in [0.25, 0.3) is 0 Å². The molecule has 4 nitrogen and oxygen atoms in total. The van der Waals surface area contributed by atoms with Crippen LogP contribution in [-0.2, 0) is 13.1 Å². The number of hydrogen-bond donors (Lipinski definition) is 1.